The van der Waals surface area contributed by atoms with Gasteiger partial charge in [-0.15, -0.1) is 0 Å². The summed E-state index contributed by atoms with van der Waals surface area (Å²) in [5.41, 5.74) is -0.356. The first kappa shape index (κ1) is 11.7. The van der Waals surface area contributed by atoms with Gasteiger partial charge in [-0.1, -0.05) is 13.3 Å². The maximum absolute atomic E-state index is 11.3. The van der Waals surface area contributed by atoms with Crippen molar-refractivity contribution in [2.45, 2.75) is 63.5 Å². The highest BCUT2D eigenvalue weighted by atomic mass is 16.3. The van der Waals surface area contributed by atoms with Crippen LogP contribution < -0.4 is 5.32 Å². The van der Waals surface area contributed by atoms with Gasteiger partial charge >= 0.3 is 0 Å². The zero-order valence-corrected chi connectivity index (χ0v) is 11.6. The fourth-order valence-electron chi connectivity index (χ4n) is 6.05. The number of fused-ring (bicyclic) bond motifs is 5. The molecule has 0 aromatic rings. The van der Waals surface area contributed by atoms with Gasteiger partial charge in [0.15, 0.2) is 0 Å². The Morgan fingerprint density at radius 1 is 1.11 bits per heavy atom. The molecule has 2 N–H and O–H groups in total. The van der Waals surface area contributed by atoms with Gasteiger partial charge in [0.25, 0.3) is 0 Å². The Bertz CT molecular complexity index is 344. The standard InChI is InChI=1S/C16H27NO/c1-10-5-6-17-15(7-10)16(18)9-11-8-14(16)13-4-2-3-12(11)13/h10-15,17-18H,2-9H2,1H3. The summed E-state index contributed by atoms with van der Waals surface area (Å²) in [6.07, 6.45) is 9.19. The molecule has 4 aliphatic rings. The van der Waals surface area contributed by atoms with E-state index in [1.165, 1.54) is 38.5 Å². The van der Waals surface area contributed by atoms with Crippen LogP contribution in [-0.4, -0.2) is 23.3 Å². The second-order valence-corrected chi connectivity index (χ2v) is 7.69. The van der Waals surface area contributed by atoms with Gasteiger partial charge < -0.3 is 10.4 Å². The third kappa shape index (κ3) is 1.48. The van der Waals surface area contributed by atoms with Crippen molar-refractivity contribution >= 4 is 0 Å². The molecule has 3 saturated carbocycles. The molecule has 102 valence electrons. The molecule has 7 atom stereocenters. The number of hydrogen-bond donors (Lipinski definition) is 2. The molecule has 18 heavy (non-hydrogen) atoms. The Morgan fingerprint density at radius 2 is 1.94 bits per heavy atom. The summed E-state index contributed by atoms with van der Waals surface area (Å²) in [7, 11) is 0. The van der Waals surface area contributed by atoms with Crippen LogP contribution in [0.2, 0.25) is 0 Å². The molecule has 1 aliphatic heterocycles. The van der Waals surface area contributed by atoms with E-state index < -0.39 is 0 Å². The van der Waals surface area contributed by atoms with Gasteiger partial charge in [-0.05, 0) is 74.7 Å². The molecular weight excluding hydrogens is 222 g/mol. The highest BCUT2D eigenvalue weighted by Gasteiger charge is 2.62. The smallest absolute Gasteiger partial charge is 0.0833 e. The summed E-state index contributed by atoms with van der Waals surface area (Å²) in [5.74, 6) is 4.12. The average Bonchev–Trinajstić information content (AvgIpc) is 2.99. The van der Waals surface area contributed by atoms with E-state index in [9.17, 15) is 5.11 Å². The lowest BCUT2D eigenvalue weighted by Crippen LogP contribution is -2.58. The highest BCUT2D eigenvalue weighted by Crippen LogP contribution is 2.63. The summed E-state index contributed by atoms with van der Waals surface area (Å²) in [6.45, 7) is 3.46. The first-order valence-corrected chi connectivity index (χ1v) is 8.14. The van der Waals surface area contributed by atoms with Gasteiger partial charge in [0, 0.05) is 6.04 Å². The lowest BCUT2D eigenvalue weighted by atomic mass is 9.67. The van der Waals surface area contributed by atoms with E-state index in [4.69, 9.17) is 0 Å². The fraction of sp³-hybridized carbons (Fsp3) is 1.00. The van der Waals surface area contributed by atoms with Crippen molar-refractivity contribution in [2.75, 3.05) is 6.54 Å². The van der Waals surface area contributed by atoms with E-state index in [-0.39, 0.29) is 5.60 Å². The van der Waals surface area contributed by atoms with Gasteiger partial charge in [0.05, 0.1) is 5.60 Å². The Kier molecular flexibility index (Phi) is 2.58. The molecule has 0 spiro atoms. The van der Waals surface area contributed by atoms with Gasteiger partial charge in [0.2, 0.25) is 0 Å². The molecule has 2 bridgehead atoms. The minimum absolute atomic E-state index is 0.356. The molecule has 4 fully saturated rings. The second kappa shape index (κ2) is 3.96. The molecule has 7 unspecified atom stereocenters. The molecule has 2 nitrogen and oxygen atoms in total. The monoisotopic (exact) mass is 249 g/mol. The summed E-state index contributed by atoms with van der Waals surface area (Å²) < 4.78 is 0. The number of aliphatic hydroxyl groups is 1. The molecule has 0 radical (unpaired) electrons. The van der Waals surface area contributed by atoms with E-state index in [0.29, 0.717) is 12.0 Å². The lowest BCUT2D eigenvalue weighted by Gasteiger charge is -2.46. The molecule has 0 aromatic heterocycles. The van der Waals surface area contributed by atoms with Crippen LogP contribution >= 0.6 is 0 Å². The van der Waals surface area contributed by atoms with Crippen LogP contribution in [0.15, 0.2) is 0 Å². The number of piperidine rings is 1. The van der Waals surface area contributed by atoms with Crippen molar-refractivity contribution in [2.24, 2.45) is 29.6 Å². The van der Waals surface area contributed by atoms with E-state index >= 15 is 0 Å². The summed E-state index contributed by atoms with van der Waals surface area (Å²) in [6, 6.07) is 0.387. The van der Waals surface area contributed by atoms with E-state index in [2.05, 4.69) is 12.2 Å². The minimum atomic E-state index is -0.356. The maximum Gasteiger partial charge on any atom is 0.0833 e. The summed E-state index contributed by atoms with van der Waals surface area (Å²) >= 11 is 0. The maximum atomic E-state index is 11.3. The van der Waals surface area contributed by atoms with Crippen molar-refractivity contribution in [1.82, 2.24) is 5.32 Å². The van der Waals surface area contributed by atoms with Crippen molar-refractivity contribution in [3.63, 3.8) is 0 Å². The van der Waals surface area contributed by atoms with Crippen LogP contribution in [0.1, 0.15) is 51.9 Å². The van der Waals surface area contributed by atoms with Crippen molar-refractivity contribution in [1.29, 1.82) is 0 Å². The molecule has 2 heteroatoms. The molecule has 1 heterocycles. The van der Waals surface area contributed by atoms with Crippen LogP contribution in [-0.2, 0) is 0 Å². The third-order valence-corrected chi connectivity index (χ3v) is 6.80. The van der Waals surface area contributed by atoms with Gasteiger partial charge in [0.1, 0.15) is 0 Å². The topological polar surface area (TPSA) is 32.3 Å². The van der Waals surface area contributed by atoms with Crippen molar-refractivity contribution < 1.29 is 5.11 Å². The lowest BCUT2D eigenvalue weighted by molar-refractivity contribution is -0.0830. The van der Waals surface area contributed by atoms with Gasteiger partial charge in [-0.2, -0.15) is 0 Å². The number of nitrogens with one attached hydrogen (secondary N) is 1. The molecule has 0 amide bonds. The summed E-state index contributed by atoms with van der Waals surface area (Å²) in [5, 5.41) is 15.0. The summed E-state index contributed by atoms with van der Waals surface area (Å²) in [4.78, 5) is 0. The van der Waals surface area contributed by atoms with E-state index in [1.54, 1.807) is 0 Å². The second-order valence-electron chi connectivity index (χ2n) is 7.69. The number of hydrogen-bond acceptors (Lipinski definition) is 2. The first-order valence-electron chi connectivity index (χ1n) is 8.14. The normalized spacial score (nSPS) is 59.0. The SMILES string of the molecule is CC1CCNC(C2(O)CC3CC2C2CCCC32)C1. The van der Waals surface area contributed by atoms with Crippen LogP contribution in [0.3, 0.4) is 0 Å². The molecule has 1 saturated heterocycles. The molecule has 0 aromatic carbocycles. The third-order valence-electron chi connectivity index (χ3n) is 6.80. The first-order chi connectivity index (χ1) is 8.68. The van der Waals surface area contributed by atoms with Crippen LogP contribution in [0.4, 0.5) is 0 Å². The molecule has 3 aliphatic carbocycles. The predicted octanol–water partition coefficient (Wildman–Crippen LogP) is 2.56. The largest absolute Gasteiger partial charge is 0.388 e. The van der Waals surface area contributed by atoms with Crippen LogP contribution in [0.25, 0.3) is 0 Å². The molecule has 4 rings (SSSR count). The fourth-order valence-corrected chi connectivity index (χ4v) is 6.05. The molecular formula is C16H27NO. The minimum Gasteiger partial charge on any atom is -0.388 e. The van der Waals surface area contributed by atoms with Crippen molar-refractivity contribution in [3.8, 4) is 0 Å². The van der Waals surface area contributed by atoms with Gasteiger partial charge in [-0.25, -0.2) is 0 Å². The van der Waals surface area contributed by atoms with E-state index in [1.807, 2.05) is 0 Å². The average molecular weight is 249 g/mol. The predicted molar refractivity (Wildman–Crippen MR) is 72.2 cm³/mol. The number of rotatable bonds is 1. The Hall–Kier alpha value is -0.0800. The highest BCUT2D eigenvalue weighted by molar-refractivity contribution is 5.14. The zero-order chi connectivity index (χ0) is 12.3. The quantitative estimate of drug-likeness (QED) is 0.748. The van der Waals surface area contributed by atoms with Crippen LogP contribution in [0.5, 0.6) is 0 Å². The zero-order valence-electron chi connectivity index (χ0n) is 11.6. The Balaban J connectivity index is 1.57. The Morgan fingerprint density at radius 3 is 2.78 bits per heavy atom. The van der Waals surface area contributed by atoms with E-state index in [0.717, 1.165) is 36.6 Å². The Labute approximate surface area is 111 Å². The van der Waals surface area contributed by atoms with Crippen LogP contribution in [0, 0.1) is 29.6 Å². The van der Waals surface area contributed by atoms with Crippen molar-refractivity contribution in [3.05, 3.63) is 0 Å². The van der Waals surface area contributed by atoms with Gasteiger partial charge in [-0.3, -0.25) is 0 Å².